The van der Waals surface area contributed by atoms with E-state index in [2.05, 4.69) is 27.4 Å². The molecule has 0 atom stereocenters. The first-order chi connectivity index (χ1) is 8.78. The second kappa shape index (κ2) is 6.36. The third-order valence-electron chi connectivity index (χ3n) is 2.62. The Morgan fingerprint density at radius 1 is 1.17 bits per heavy atom. The van der Waals surface area contributed by atoms with Gasteiger partial charge in [-0.2, -0.15) is 0 Å². The monoisotopic (exact) mass is 261 g/mol. The van der Waals surface area contributed by atoms with Gasteiger partial charge in [-0.3, -0.25) is 0 Å². The molecule has 2 aromatic rings. The Labute approximate surface area is 112 Å². The molecule has 2 rings (SSSR count). The number of halogens is 1. The molecule has 0 spiro atoms. The Bertz CT molecular complexity index is 500. The van der Waals surface area contributed by atoms with Crippen molar-refractivity contribution in [1.82, 2.24) is 9.97 Å². The lowest BCUT2D eigenvalue weighted by atomic mass is 10.1. The van der Waals surface area contributed by atoms with Crippen molar-refractivity contribution in [3.05, 3.63) is 52.9 Å². The summed E-state index contributed by atoms with van der Waals surface area (Å²) >= 11 is 5.93. The van der Waals surface area contributed by atoms with Crippen LogP contribution in [0.2, 0.25) is 5.15 Å². The number of aromatic nitrogens is 2. The maximum Gasteiger partial charge on any atom is 0.134 e. The molecule has 0 amide bonds. The van der Waals surface area contributed by atoms with Crippen molar-refractivity contribution in [1.29, 1.82) is 0 Å². The molecule has 0 radical (unpaired) electrons. The average molecular weight is 262 g/mol. The summed E-state index contributed by atoms with van der Waals surface area (Å²) in [5, 5.41) is 3.76. The largest absolute Gasteiger partial charge is 0.370 e. The minimum absolute atomic E-state index is 0.490. The lowest BCUT2D eigenvalue weighted by molar-refractivity contribution is 0.925. The van der Waals surface area contributed by atoms with Crippen LogP contribution in [0.4, 0.5) is 5.82 Å². The summed E-state index contributed by atoms with van der Waals surface area (Å²) in [5.74, 6) is 1.56. The summed E-state index contributed by atoms with van der Waals surface area (Å²) < 4.78 is 0. The van der Waals surface area contributed by atoms with Crippen LogP contribution < -0.4 is 5.32 Å². The molecule has 94 valence electrons. The van der Waals surface area contributed by atoms with E-state index in [0.717, 1.165) is 31.0 Å². The quantitative estimate of drug-likeness (QED) is 0.839. The number of nitrogens with one attached hydrogen (secondary N) is 1. The smallest absolute Gasteiger partial charge is 0.134 e. The van der Waals surface area contributed by atoms with E-state index in [9.17, 15) is 0 Å². The fourth-order valence-electron chi connectivity index (χ4n) is 1.69. The van der Waals surface area contributed by atoms with E-state index in [0.29, 0.717) is 5.15 Å². The zero-order valence-corrected chi connectivity index (χ0v) is 11.1. The van der Waals surface area contributed by atoms with Crippen LogP contribution in [-0.2, 0) is 12.8 Å². The molecule has 0 bridgehead atoms. The minimum Gasteiger partial charge on any atom is -0.370 e. The Hall–Kier alpha value is -1.61. The highest BCUT2D eigenvalue weighted by molar-refractivity contribution is 6.29. The van der Waals surface area contributed by atoms with E-state index in [1.807, 2.05) is 25.1 Å². The van der Waals surface area contributed by atoms with Crippen molar-refractivity contribution in [2.75, 3.05) is 11.9 Å². The molecule has 0 saturated carbocycles. The van der Waals surface area contributed by atoms with Crippen molar-refractivity contribution in [3.8, 4) is 0 Å². The van der Waals surface area contributed by atoms with Gasteiger partial charge in [0.1, 0.15) is 16.8 Å². The molecule has 0 fully saturated rings. The predicted molar refractivity (Wildman–Crippen MR) is 75.1 cm³/mol. The maximum atomic E-state index is 5.93. The van der Waals surface area contributed by atoms with Gasteiger partial charge in [-0.1, -0.05) is 48.9 Å². The van der Waals surface area contributed by atoms with Gasteiger partial charge in [-0.25, -0.2) is 9.97 Å². The van der Waals surface area contributed by atoms with Gasteiger partial charge in [0.15, 0.2) is 0 Å². The number of benzene rings is 1. The summed E-state index contributed by atoms with van der Waals surface area (Å²) in [7, 11) is 0. The van der Waals surface area contributed by atoms with Crippen molar-refractivity contribution in [2.45, 2.75) is 19.8 Å². The molecule has 4 heteroatoms. The van der Waals surface area contributed by atoms with Crippen molar-refractivity contribution < 1.29 is 0 Å². The highest BCUT2D eigenvalue weighted by atomic mass is 35.5. The van der Waals surface area contributed by atoms with Gasteiger partial charge in [0, 0.05) is 19.0 Å². The first-order valence-electron chi connectivity index (χ1n) is 6.09. The lowest BCUT2D eigenvalue weighted by Crippen LogP contribution is -2.08. The predicted octanol–water partition coefficient (Wildman–Crippen LogP) is 3.35. The number of nitrogens with zero attached hydrogens (tertiary/aromatic N) is 2. The van der Waals surface area contributed by atoms with Gasteiger partial charge in [0.05, 0.1) is 0 Å². The van der Waals surface area contributed by atoms with Crippen molar-refractivity contribution >= 4 is 17.4 Å². The van der Waals surface area contributed by atoms with Crippen LogP contribution in [0.15, 0.2) is 36.4 Å². The summed E-state index contributed by atoms with van der Waals surface area (Å²) in [5.41, 5.74) is 1.31. The number of rotatable bonds is 5. The number of aryl methyl sites for hydroxylation is 1. The molecule has 0 aliphatic heterocycles. The fraction of sp³-hybridized carbons (Fsp3) is 0.286. The average Bonchev–Trinajstić information content (AvgIpc) is 2.39. The molecular formula is C14H16ClN3. The van der Waals surface area contributed by atoms with Gasteiger partial charge in [-0.15, -0.1) is 0 Å². The van der Waals surface area contributed by atoms with Gasteiger partial charge in [-0.05, 0) is 12.0 Å². The second-order valence-corrected chi connectivity index (χ2v) is 4.40. The molecule has 1 aromatic heterocycles. The van der Waals surface area contributed by atoms with Gasteiger partial charge < -0.3 is 5.32 Å². The molecule has 0 unspecified atom stereocenters. The van der Waals surface area contributed by atoms with Crippen LogP contribution in [-0.4, -0.2) is 16.5 Å². The first kappa shape index (κ1) is 12.8. The Morgan fingerprint density at radius 2 is 1.94 bits per heavy atom. The van der Waals surface area contributed by atoms with E-state index >= 15 is 0 Å². The molecule has 1 aromatic carbocycles. The molecule has 3 nitrogen and oxygen atoms in total. The molecule has 18 heavy (non-hydrogen) atoms. The third kappa shape index (κ3) is 3.70. The zero-order chi connectivity index (χ0) is 12.8. The molecule has 0 aliphatic rings. The van der Waals surface area contributed by atoms with Gasteiger partial charge >= 0.3 is 0 Å². The van der Waals surface area contributed by atoms with E-state index < -0.39 is 0 Å². The van der Waals surface area contributed by atoms with Crippen LogP contribution in [0.1, 0.15) is 18.3 Å². The van der Waals surface area contributed by atoms with Crippen molar-refractivity contribution in [3.63, 3.8) is 0 Å². The summed E-state index contributed by atoms with van der Waals surface area (Å²) in [4.78, 5) is 8.51. The standard InChI is InChI=1S/C14H16ClN3/c1-2-13-17-12(15)10-14(18-13)16-9-8-11-6-4-3-5-7-11/h3-7,10H,2,8-9H2,1H3,(H,16,17,18). The fourth-order valence-corrected chi connectivity index (χ4v) is 1.89. The zero-order valence-electron chi connectivity index (χ0n) is 10.4. The summed E-state index contributed by atoms with van der Waals surface area (Å²) in [6, 6.07) is 12.1. The third-order valence-corrected chi connectivity index (χ3v) is 2.81. The lowest BCUT2D eigenvalue weighted by Gasteiger charge is -2.07. The topological polar surface area (TPSA) is 37.8 Å². The Balaban J connectivity index is 1.92. The SMILES string of the molecule is CCc1nc(Cl)cc(NCCc2ccccc2)n1. The maximum absolute atomic E-state index is 5.93. The van der Waals surface area contributed by atoms with Crippen LogP contribution in [0.25, 0.3) is 0 Å². The summed E-state index contributed by atoms with van der Waals surface area (Å²) in [6.07, 6.45) is 1.75. The summed E-state index contributed by atoms with van der Waals surface area (Å²) in [6.45, 7) is 2.85. The number of hydrogen-bond acceptors (Lipinski definition) is 3. The highest BCUT2D eigenvalue weighted by Crippen LogP contribution is 2.12. The van der Waals surface area contributed by atoms with Crippen LogP contribution in [0.3, 0.4) is 0 Å². The highest BCUT2D eigenvalue weighted by Gasteiger charge is 2.01. The minimum atomic E-state index is 0.490. The normalized spacial score (nSPS) is 10.3. The molecule has 0 saturated heterocycles. The molecule has 1 N–H and O–H groups in total. The Morgan fingerprint density at radius 3 is 2.67 bits per heavy atom. The van der Waals surface area contributed by atoms with Crippen molar-refractivity contribution in [2.24, 2.45) is 0 Å². The number of anilines is 1. The molecular weight excluding hydrogens is 246 g/mol. The second-order valence-electron chi connectivity index (χ2n) is 4.01. The van der Waals surface area contributed by atoms with E-state index in [-0.39, 0.29) is 0 Å². The van der Waals surface area contributed by atoms with Gasteiger partial charge in [0.2, 0.25) is 0 Å². The van der Waals surface area contributed by atoms with Crippen LogP contribution in [0.5, 0.6) is 0 Å². The number of hydrogen-bond donors (Lipinski definition) is 1. The van der Waals surface area contributed by atoms with E-state index in [1.165, 1.54) is 5.56 Å². The van der Waals surface area contributed by atoms with Crippen LogP contribution in [0, 0.1) is 0 Å². The van der Waals surface area contributed by atoms with Gasteiger partial charge in [0.25, 0.3) is 0 Å². The first-order valence-corrected chi connectivity index (χ1v) is 6.47. The molecule has 0 aliphatic carbocycles. The molecule has 1 heterocycles. The van der Waals surface area contributed by atoms with Crippen LogP contribution >= 0.6 is 11.6 Å². The van der Waals surface area contributed by atoms with E-state index in [4.69, 9.17) is 11.6 Å². The Kier molecular flexibility index (Phi) is 4.53. The van der Waals surface area contributed by atoms with E-state index in [1.54, 1.807) is 6.07 Å².